The zero-order chi connectivity index (χ0) is 14.6. The molecule has 0 bridgehead atoms. The van der Waals surface area contributed by atoms with Crippen molar-refractivity contribution in [1.82, 2.24) is 0 Å². The smallest absolute Gasteiger partial charge is 0.229 e. The summed E-state index contributed by atoms with van der Waals surface area (Å²) in [6, 6.07) is 4.29. The Kier molecular flexibility index (Phi) is 4.82. The third-order valence-electron chi connectivity index (χ3n) is 3.11. The number of hydrogen-bond acceptors (Lipinski definition) is 4. The van der Waals surface area contributed by atoms with Crippen molar-refractivity contribution < 1.29 is 17.5 Å². The first kappa shape index (κ1) is 15.1. The molecule has 0 aromatic heterocycles. The van der Waals surface area contributed by atoms with Crippen LogP contribution in [0.3, 0.4) is 0 Å². The summed E-state index contributed by atoms with van der Waals surface area (Å²) in [7, 11) is -3.49. The molecule has 1 aliphatic rings. The lowest BCUT2D eigenvalue weighted by atomic mass is 10.0. The van der Waals surface area contributed by atoms with Gasteiger partial charge in [0.1, 0.15) is 5.82 Å². The minimum atomic E-state index is -3.49. The quantitative estimate of drug-likeness (QED) is 0.873. The van der Waals surface area contributed by atoms with E-state index in [1.54, 1.807) is 6.07 Å². The van der Waals surface area contributed by atoms with Crippen LogP contribution in [0.2, 0.25) is 0 Å². The molecule has 0 aliphatic carbocycles. The van der Waals surface area contributed by atoms with E-state index in [1.807, 2.05) is 0 Å². The SMILES string of the molecule is CS(=O)(=O)Nc1cc(NCC2CCCOC2)ccc1F. The summed E-state index contributed by atoms with van der Waals surface area (Å²) in [6.07, 6.45) is 3.14. The van der Waals surface area contributed by atoms with E-state index in [0.29, 0.717) is 11.6 Å². The Labute approximate surface area is 118 Å². The number of anilines is 2. The molecule has 1 heterocycles. The van der Waals surface area contributed by atoms with Crippen LogP contribution in [0.25, 0.3) is 0 Å². The van der Waals surface area contributed by atoms with Crippen LogP contribution in [0.15, 0.2) is 18.2 Å². The summed E-state index contributed by atoms with van der Waals surface area (Å²) in [4.78, 5) is 0. The number of sulfonamides is 1. The largest absolute Gasteiger partial charge is 0.385 e. The number of halogens is 1. The number of hydrogen-bond donors (Lipinski definition) is 2. The minimum absolute atomic E-state index is 0.0441. The highest BCUT2D eigenvalue weighted by atomic mass is 32.2. The van der Waals surface area contributed by atoms with Crippen LogP contribution in [0, 0.1) is 11.7 Å². The molecule has 0 amide bonds. The fourth-order valence-corrected chi connectivity index (χ4v) is 2.70. The molecule has 0 spiro atoms. The van der Waals surface area contributed by atoms with Gasteiger partial charge in [-0.15, -0.1) is 0 Å². The second-order valence-corrected chi connectivity index (χ2v) is 6.78. The maximum Gasteiger partial charge on any atom is 0.229 e. The van der Waals surface area contributed by atoms with Gasteiger partial charge in [0.25, 0.3) is 0 Å². The monoisotopic (exact) mass is 302 g/mol. The summed E-state index contributed by atoms with van der Waals surface area (Å²) in [6.45, 7) is 2.27. The van der Waals surface area contributed by atoms with E-state index >= 15 is 0 Å². The summed E-state index contributed by atoms with van der Waals surface area (Å²) < 4.78 is 43.4. The van der Waals surface area contributed by atoms with Gasteiger partial charge in [0, 0.05) is 18.8 Å². The van der Waals surface area contributed by atoms with E-state index in [1.165, 1.54) is 12.1 Å². The molecular weight excluding hydrogens is 283 g/mol. The molecule has 7 heteroatoms. The second kappa shape index (κ2) is 6.41. The van der Waals surface area contributed by atoms with E-state index < -0.39 is 15.8 Å². The average Bonchev–Trinajstić information content (AvgIpc) is 2.39. The lowest BCUT2D eigenvalue weighted by Crippen LogP contribution is -2.24. The van der Waals surface area contributed by atoms with Gasteiger partial charge in [0.15, 0.2) is 0 Å². The second-order valence-electron chi connectivity index (χ2n) is 5.03. The van der Waals surface area contributed by atoms with E-state index in [0.717, 1.165) is 38.9 Å². The normalized spacial score (nSPS) is 19.6. The van der Waals surface area contributed by atoms with E-state index in [2.05, 4.69) is 10.0 Å². The molecule has 1 fully saturated rings. The molecule has 5 nitrogen and oxygen atoms in total. The van der Waals surface area contributed by atoms with Crippen molar-refractivity contribution in [2.24, 2.45) is 5.92 Å². The number of ether oxygens (including phenoxy) is 1. The van der Waals surface area contributed by atoms with Crippen molar-refractivity contribution in [3.05, 3.63) is 24.0 Å². The Balaban J connectivity index is 1.99. The maximum absolute atomic E-state index is 13.5. The predicted molar refractivity (Wildman–Crippen MR) is 76.9 cm³/mol. The highest BCUT2D eigenvalue weighted by Crippen LogP contribution is 2.21. The molecule has 1 aromatic rings. The van der Waals surface area contributed by atoms with Crippen LogP contribution in [0.4, 0.5) is 15.8 Å². The molecule has 20 heavy (non-hydrogen) atoms. The van der Waals surface area contributed by atoms with Crippen LogP contribution < -0.4 is 10.0 Å². The van der Waals surface area contributed by atoms with Gasteiger partial charge in [-0.05, 0) is 37.0 Å². The first-order valence-electron chi connectivity index (χ1n) is 6.53. The summed E-state index contributed by atoms with van der Waals surface area (Å²) in [5, 5.41) is 3.19. The highest BCUT2D eigenvalue weighted by molar-refractivity contribution is 7.92. The van der Waals surface area contributed by atoms with Gasteiger partial charge in [-0.25, -0.2) is 12.8 Å². The van der Waals surface area contributed by atoms with Crippen molar-refractivity contribution in [2.75, 3.05) is 36.1 Å². The Morgan fingerprint density at radius 1 is 1.45 bits per heavy atom. The number of benzene rings is 1. The molecule has 112 valence electrons. The zero-order valence-electron chi connectivity index (χ0n) is 11.4. The summed E-state index contributed by atoms with van der Waals surface area (Å²) >= 11 is 0. The third-order valence-corrected chi connectivity index (χ3v) is 3.70. The van der Waals surface area contributed by atoms with Crippen LogP contribution in [-0.2, 0) is 14.8 Å². The molecule has 1 unspecified atom stereocenters. The first-order chi connectivity index (χ1) is 9.44. The lowest BCUT2D eigenvalue weighted by molar-refractivity contribution is 0.0595. The van der Waals surface area contributed by atoms with E-state index in [4.69, 9.17) is 4.74 Å². The van der Waals surface area contributed by atoms with Crippen molar-refractivity contribution >= 4 is 21.4 Å². The number of rotatable bonds is 5. The van der Waals surface area contributed by atoms with Crippen LogP contribution in [0.5, 0.6) is 0 Å². The Morgan fingerprint density at radius 2 is 2.25 bits per heavy atom. The molecule has 2 N–H and O–H groups in total. The van der Waals surface area contributed by atoms with Crippen molar-refractivity contribution in [3.8, 4) is 0 Å². The third kappa shape index (κ3) is 4.64. The van der Waals surface area contributed by atoms with Crippen molar-refractivity contribution in [3.63, 3.8) is 0 Å². The molecule has 1 saturated heterocycles. The summed E-state index contributed by atoms with van der Waals surface area (Å²) in [5.41, 5.74) is 0.639. The van der Waals surface area contributed by atoms with Gasteiger partial charge >= 0.3 is 0 Å². The molecule has 1 aromatic carbocycles. The van der Waals surface area contributed by atoms with Gasteiger partial charge in [0.2, 0.25) is 10.0 Å². The van der Waals surface area contributed by atoms with Gasteiger partial charge < -0.3 is 10.1 Å². The zero-order valence-corrected chi connectivity index (χ0v) is 12.2. The number of nitrogens with one attached hydrogen (secondary N) is 2. The molecule has 0 saturated carbocycles. The van der Waals surface area contributed by atoms with Crippen molar-refractivity contribution in [1.29, 1.82) is 0 Å². The topological polar surface area (TPSA) is 67.4 Å². The fraction of sp³-hybridized carbons (Fsp3) is 0.538. The molecule has 0 radical (unpaired) electrons. The van der Waals surface area contributed by atoms with Crippen LogP contribution in [0.1, 0.15) is 12.8 Å². The Morgan fingerprint density at radius 3 is 2.90 bits per heavy atom. The van der Waals surface area contributed by atoms with Crippen LogP contribution in [-0.4, -0.2) is 34.4 Å². The molecular formula is C13H19FN2O3S. The Bertz CT molecular complexity index is 557. The van der Waals surface area contributed by atoms with Gasteiger partial charge in [-0.2, -0.15) is 0 Å². The summed E-state index contributed by atoms with van der Waals surface area (Å²) in [5.74, 6) is -0.165. The fourth-order valence-electron chi connectivity index (χ4n) is 2.14. The molecule has 2 rings (SSSR count). The minimum Gasteiger partial charge on any atom is -0.385 e. The van der Waals surface area contributed by atoms with Crippen LogP contribution >= 0.6 is 0 Å². The molecule has 1 aliphatic heterocycles. The van der Waals surface area contributed by atoms with Crippen molar-refractivity contribution in [2.45, 2.75) is 12.8 Å². The first-order valence-corrected chi connectivity index (χ1v) is 8.42. The average molecular weight is 302 g/mol. The Hall–Kier alpha value is -1.34. The van der Waals surface area contributed by atoms with Gasteiger partial charge in [-0.3, -0.25) is 4.72 Å². The highest BCUT2D eigenvalue weighted by Gasteiger charge is 2.14. The predicted octanol–water partition coefficient (Wildman–Crippen LogP) is 2.04. The molecule has 1 atom stereocenters. The van der Waals surface area contributed by atoms with E-state index in [9.17, 15) is 12.8 Å². The maximum atomic E-state index is 13.5. The van der Waals surface area contributed by atoms with Gasteiger partial charge in [0.05, 0.1) is 18.6 Å². The lowest BCUT2D eigenvalue weighted by Gasteiger charge is -2.22. The standard InChI is InChI=1S/C13H19FN2O3S/c1-20(17,18)16-13-7-11(4-5-12(13)14)15-8-10-3-2-6-19-9-10/h4-5,7,10,15-16H,2-3,6,8-9H2,1H3. The van der Waals surface area contributed by atoms with E-state index in [-0.39, 0.29) is 5.69 Å². The van der Waals surface area contributed by atoms with Gasteiger partial charge in [-0.1, -0.05) is 0 Å².